The minimum atomic E-state index is -2.04. The van der Waals surface area contributed by atoms with E-state index in [9.17, 15) is 0 Å². The first-order chi connectivity index (χ1) is 2.94. The number of rotatable bonds is 1. The summed E-state index contributed by atoms with van der Waals surface area (Å²) in [5.41, 5.74) is -1.02. The van der Waals surface area contributed by atoms with Gasteiger partial charge in [0, 0.05) is 5.59 Å². The standard InChI is InChI=1S/H2P2S5/c3-1(4)2(5,6)7/h(H2,5,6,7)/p-2. The summed E-state index contributed by atoms with van der Waals surface area (Å²) in [5.74, 6) is 0. The zero-order chi connectivity index (χ0) is 6.08. The third-order valence-corrected chi connectivity index (χ3v) is 16.2. The molecular weight excluding hydrogens is 222 g/mol. The maximum Gasteiger partial charge on any atom is 0.131 e. The molecule has 0 saturated heterocycles. The second-order valence-electron chi connectivity index (χ2n) is 0.706. The fourth-order valence-corrected chi connectivity index (χ4v) is 0. The summed E-state index contributed by atoms with van der Waals surface area (Å²) in [5, 5.41) is 0. The Morgan fingerprint density at radius 1 is 1.43 bits per heavy atom. The Morgan fingerprint density at radius 3 is 1.57 bits per heavy atom. The predicted molar refractivity (Wildman–Crippen MR) is 50.7 cm³/mol. The van der Waals surface area contributed by atoms with Crippen molar-refractivity contribution in [2.24, 2.45) is 0 Å². The van der Waals surface area contributed by atoms with E-state index in [1.165, 1.54) is 0 Å². The van der Waals surface area contributed by atoms with Crippen LogP contribution in [0.4, 0.5) is 0 Å². The van der Waals surface area contributed by atoms with Crippen LogP contribution >= 0.6 is 9.72 Å². The Labute approximate surface area is 69.6 Å². The van der Waals surface area contributed by atoms with Crippen LogP contribution in [0, 0.1) is 0 Å². The molecule has 0 spiro atoms. The lowest BCUT2D eigenvalue weighted by Gasteiger charge is -2.28. The number of hydrogen-bond donors (Lipinski definition) is 0. The third-order valence-electron chi connectivity index (χ3n) is 0.200. The van der Waals surface area contributed by atoms with E-state index >= 15 is 0 Å². The van der Waals surface area contributed by atoms with Crippen LogP contribution in [0.2, 0.25) is 0 Å². The van der Waals surface area contributed by atoms with Gasteiger partial charge in [-0.2, -0.15) is 0 Å². The largest absolute Gasteiger partial charge is 0.725 e. The van der Waals surface area contributed by atoms with E-state index in [0.717, 1.165) is 0 Å². The van der Waals surface area contributed by atoms with E-state index in [1.54, 1.807) is 0 Å². The fraction of sp³-hybridized carbons (Fsp3) is 0. The lowest BCUT2D eigenvalue weighted by molar-refractivity contribution is 5.04. The highest BCUT2D eigenvalue weighted by Gasteiger charge is 1.84. The van der Waals surface area contributed by atoms with Crippen molar-refractivity contribution in [3.63, 3.8) is 0 Å². The van der Waals surface area contributed by atoms with E-state index in [0.29, 0.717) is 0 Å². The zero-order valence-electron chi connectivity index (χ0n) is 2.94. The summed E-state index contributed by atoms with van der Waals surface area (Å²) in [7, 11) is 0. The molecule has 0 saturated carbocycles. The van der Waals surface area contributed by atoms with Gasteiger partial charge in [0.15, 0.2) is 0 Å². The van der Waals surface area contributed by atoms with E-state index in [2.05, 4.69) is 60.4 Å². The van der Waals surface area contributed by atoms with Gasteiger partial charge in [0.05, 0.1) is 0 Å². The van der Waals surface area contributed by atoms with Gasteiger partial charge in [-0.3, -0.25) is 0 Å². The summed E-state index contributed by atoms with van der Waals surface area (Å²) >= 11 is 23.3. The molecule has 0 fully saturated rings. The molecule has 0 bridgehead atoms. The van der Waals surface area contributed by atoms with Crippen molar-refractivity contribution in [1.29, 1.82) is 0 Å². The molecule has 1 unspecified atom stereocenters. The lowest BCUT2D eigenvalue weighted by atomic mass is 29.2. The van der Waals surface area contributed by atoms with Crippen LogP contribution in [-0.2, 0) is 60.4 Å². The summed E-state index contributed by atoms with van der Waals surface area (Å²) < 4.78 is -2.04. The van der Waals surface area contributed by atoms with Gasteiger partial charge in [0.25, 0.3) is 0 Å². The molecule has 0 aromatic heterocycles. The fourth-order valence-electron chi connectivity index (χ4n) is 0. The Morgan fingerprint density at radius 2 is 1.57 bits per heavy atom. The topological polar surface area (TPSA) is 0 Å². The molecule has 0 aromatic carbocycles. The molecule has 0 radical (unpaired) electrons. The van der Waals surface area contributed by atoms with Gasteiger partial charge in [-0.25, -0.2) is 0 Å². The highest BCUT2D eigenvalue weighted by Crippen LogP contribution is 2.64. The second kappa shape index (κ2) is 3.40. The van der Waals surface area contributed by atoms with E-state index < -0.39 is 9.72 Å². The van der Waals surface area contributed by atoms with Gasteiger partial charge in [0.1, 0.15) is 11.8 Å². The van der Waals surface area contributed by atoms with Crippen molar-refractivity contribution in [1.82, 2.24) is 0 Å². The van der Waals surface area contributed by atoms with Crippen LogP contribution in [0.3, 0.4) is 0 Å². The first kappa shape index (κ1) is 9.22. The summed E-state index contributed by atoms with van der Waals surface area (Å²) in [6.45, 7) is 0. The Bertz CT molecular complexity index is 118. The van der Waals surface area contributed by atoms with Crippen LogP contribution < -0.4 is 0 Å². The molecule has 7 heteroatoms. The first-order valence-corrected chi connectivity index (χ1v) is 10.0. The number of hydrogen-bond acceptors (Lipinski definition) is 5. The monoisotopic (exact) mass is 222 g/mol. The minimum absolute atomic E-state index is 1.02. The highest BCUT2D eigenvalue weighted by molar-refractivity contribution is 9.11. The Hall–Kier alpha value is 2.22. The van der Waals surface area contributed by atoms with Crippen LogP contribution in [0.15, 0.2) is 0 Å². The predicted octanol–water partition coefficient (Wildman–Crippen LogP) is 1.71. The van der Waals surface area contributed by atoms with E-state index in [-0.39, 0.29) is 0 Å². The molecule has 0 aliphatic carbocycles. The molecule has 0 nitrogen and oxygen atoms in total. The third kappa shape index (κ3) is 4.71. The van der Waals surface area contributed by atoms with Crippen molar-refractivity contribution in [2.75, 3.05) is 0 Å². The molecule has 0 aliphatic heterocycles. The Balaban J connectivity index is 4.09. The van der Waals surface area contributed by atoms with Gasteiger partial charge in [0.2, 0.25) is 0 Å². The maximum absolute atomic E-state index is 4.67. The van der Waals surface area contributed by atoms with Crippen molar-refractivity contribution in [3.8, 4) is 0 Å². The van der Waals surface area contributed by atoms with E-state index in [1.807, 2.05) is 0 Å². The molecule has 0 N–H and O–H groups in total. The maximum atomic E-state index is 4.67. The van der Waals surface area contributed by atoms with Crippen molar-refractivity contribution in [3.05, 3.63) is 0 Å². The first-order valence-electron chi connectivity index (χ1n) is 1.11. The van der Waals surface area contributed by atoms with Gasteiger partial charge in [-0.15, -0.1) is 15.9 Å². The minimum Gasteiger partial charge on any atom is -0.725 e. The van der Waals surface area contributed by atoms with Crippen molar-refractivity contribution < 1.29 is 0 Å². The van der Waals surface area contributed by atoms with Crippen LogP contribution in [-0.4, -0.2) is 0 Å². The molecular formula is P2S5-2. The lowest BCUT2D eigenvalue weighted by Crippen LogP contribution is -1.51. The van der Waals surface area contributed by atoms with E-state index in [4.69, 9.17) is 0 Å². The zero-order valence-corrected chi connectivity index (χ0v) is 8.81. The van der Waals surface area contributed by atoms with Crippen molar-refractivity contribution in [2.45, 2.75) is 0 Å². The molecule has 0 aliphatic rings. The summed E-state index contributed by atoms with van der Waals surface area (Å²) in [6.07, 6.45) is 0. The van der Waals surface area contributed by atoms with Gasteiger partial charge < -0.3 is 36.7 Å². The molecule has 0 rings (SSSR count). The molecule has 1 atom stereocenters. The smallest absolute Gasteiger partial charge is 0.131 e. The SMILES string of the molecule is S=[P+]([S-])P(=S)([S-])[S-]. The molecule has 7 heavy (non-hydrogen) atoms. The van der Waals surface area contributed by atoms with Crippen LogP contribution in [0.25, 0.3) is 0 Å². The second-order valence-corrected chi connectivity index (χ2v) is 19.1. The van der Waals surface area contributed by atoms with Gasteiger partial charge in [-0.1, -0.05) is 0 Å². The molecule has 0 heterocycles. The average molecular weight is 222 g/mol. The molecule has 0 amide bonds. The average Bonchev–Trinajstić information content (AvgIpc) is 1.31. The highest BCUT2D eigenvalue weighted by atomic mass is 33.5. The van der Waals surface area contributed by atoms with Crippen LogP contribution in [0.5, 0.6) is 0 Å². The summed E-state index contributed by atoms with van der Waals surface area (Å²) in [4.78, 5) is 0. The normalized spacial score (nSPS) is 13.9. The molecule has 42 valence electrons. The quantitative estimate of drug-likeness (QED) is 0.488. The molecule has 0 aromatic rings. The summed E-state index contributed by atoms with van der Waals surface area (Å²) in [6, 6.07) is 0. The van der Waals surface area contributed by atoms with Gasteiger partial charge >= 0.3 is 0 Å². The van der Waals surface area contributed by atoms with Gasteiger partial charge in [-0.05, 0) is 0 Å². The van der Waals surface area contributed by atoms with Crippen molar-refractivity contribution >= 4 is 70.1 Å². The van der Waals surface area contributed by atoms with Crippen LogP contribution in [0.1, 0.15) is 0 Å². The Kier molecular flexibility index (Phi) is 4.48.